The highest BCUT2D eigenvalue weighted by molar-refractivity contribution is 7.99. The van der Waals surface area contributed by atoms with Gasteiger partial charge in [0.2, 0.25) is 5.91 Å². The number of nitrogens with one attached hydrogen (secondary N) is 2. The van der Waals surface area contributed by atoms with Crippen molar-refractivity contribution in [3.63, 3.8) is 0 Å². The lowest BCUT2D eigenvalue weighted by Gasteiger charge is -2.11. The highest BCUT2D eigenvalue weighted by Gasteiger charge is 2.09. The highest BCUT2D eigenvalue weighted by atomic mass is 32.2. The van der Waals surface area contributed by atoms with Gasteiger partial charge in [-0.2, -0.15) is 0 Å². The molecule has 0 radical (unpaired) electrons. The SMILES string of the molecule is CCOc1ccccc1NC(=O)CSCc1cc(=O)c2cccc(C)c2[nH]1. The monoisotopic (exact) mass is 382 g/mol. The summed E-state index contributed by atoms with van der Waals surface area (Å²) >= 11 is 1.45. The Labute approximate surface area is 162 Å². The van der Waals surface area contributed by atoms with Crippen LogP contribution in [-0.4, -0.2) is 23.3 Å². The Morgan fingerprint density at radius 3 is 2.81 bits per heavy atom. The molecule has 0 atom stereocenters. The third kappa shape index (κ3) is 4.71. The second-order valence-corrected chi connectivity index (χ2v) is 7.11. The number of aromatic amines is 1. The maximum atomic E-state index is 12.3. The summed E-state index contributed by atoms with van der Waals surface area (Å²) in [6.45, 7) is 4.41. The van der Waals surface area contributed by atoms with Crippen LogP contribution in [0.5, 0.6) is 5.75 Å². The summed E-state index contributed by atoms with van der Waals surface area (Å²) in [5, 5.41) is 3.56. The largest absolute Gasteiger partial charge is 0.492 e. The van der Waals surface area contributed by atoms with E-state index >= 15 is 0 Å². The Hall–Kier alpha value is -2.73. The van der Waals surface area contributed by atoms with Crippen molar-refractivity contribution in [3.8, 4) is 5.75 Å². The standard InChI is InChI=1S/C21H22N2O3S/c1-3-26-19-10-5-4-9-17(19)23-20(25)13-27-12-15-11-18(24)16-8-6-7-14(2)21(16)22-15/h4-11H,3,12-13H2,1-2H3,(H,22,24)(H,23,25). The van der Waals surface area contributed by atoms with E-state index in [0.29, 0.717) is 29.2 Å². The number of rotatable bonds is 7. The second-order valence-electron chi connectivity index (χ2n) is 6.13. The molecule has 0 saturated heterocycles. The van der Waals surface area contributed by atoms with Gasteiger partial charge in [0.15, 0.2) is 5.43 Å². The summed E-state index contributed by atoms with van der Waals surface area (Å²) in [6.07, 6.45) is 0. The molecule has 5 nitrogen and oxygen atoms in total. The van der Waals surface area contributed by atoms with Crippen LogP contribution < -0.4 is 15.5 Å². The smallest absolute Gasteiger partial charge is 0.234 e. The van der Waals surface area contributed by atoms with Crippen LogP contribution in [0.3, 0.4) is 0 Å². The molecule has 140 valence electrons. The van der Waals surface area contributed by atoms with Crippen LogP contribution in [0.15, 0.2) is 53.3 Å². The predicted octanol–water partition coefficient (Wildman–Crippen LogP) is 4.11. The Balaban J connectivity index is 1.62. The Bertz CT molecular complexity index is 1010. The molecular weight excluding hydrogens is 360 g/mol. The number of thioether (sulfide) groups is 1. The van der Waals surface area contributed by atoms with Crippen molar-refractivity contribution in [1.82, 2.24) is 4.98 Å². The summed E-state index contributed by atoms with van der Waals surface area (Å²) < 4.78 is 5.52. The van der Waals surface area contributed by atoms with Gasteiger partial charge < -0.3 is 15.0 Å². The van der Waals surface area contributed by atoms with Crippen molar-refractivity contribution in [2.75, 3.05) is 17.7 Å². The number of aromatic nitrogens is 1. The normalized spacial score (nSPS) is 10.7. The van der Waals surface area contributed by atoms with Crippen molar-refractivity contribution in [2.45, 2.75) is 19.6 Å². The van der Waals surface area contributed by atoms with Gasteiger partial charge in [-0.15, -0.1) is 11.8 Å². The maximum Gasteiger partial charge on any atom is 0.234 e. The third-order valence-corrected chi connectivity index (χ3v) is 5.06. The molecule has 0 aliphatic carbocycles. The Morgan fingerprint density at radius 1 is 1.19 bits per heavy atom. The minimum absolute atomic E-state index is 0.00172. The average Bonchev–Trinajstić information content (AvgIpc) is 2.64. The lowest BCUT2D eigenvalue weighted by Crippen LogP contribution is -2.15. The summed E-state index contributed by atoms with van der Waals surface area (Å²) in [5.74, 6) is 1.40. The molecule has 0 aliphatic heterocycles. The van der Waals surface area contributed by atoms with Gasteiger partial charge in [-0.25, -0.2) is 0 Å². The van der Waals surface area contributed by atoms with E-state index in [2.05, 4.69) is 10.3 Å². The molecular formula is C21H22N2O3S. The zero-order valence-corrected chi connectivity index (χ0v) is 16.2. The van der Waals surface area contributed by atoms with Gasteiger partial charge in [0.25, 0.3) is 0 Å². The average molecular weight is 382 g/mol. The van der Waals surface area contributed by atoms with E-state index in [0.717, 1.165) is 16.8 Å². The van der Waals surface area contributed by atoms with Crippen LogP contribution in [0.1, 0.15) is 18.2 Å². The molecule has 0 spiro atoms. The van der Waals surface area contributed by atoms with E-state index in [1.807, 2.05) is 56.3 Å². The molecule has 3 aromatic rings. The molecule has 0 unspecified atom stereocenters. The van der Waals surface area contributed by atoms with Crippen LogP contribution in [0.4, 0.5) is 5.69 Å². The van der Waals surface area contributed by atoms with E-state index in [-0.39, 0.29) is 17.1 Å². The number of hydrogen-bond acceptors (Lipinski definition) is 4. The fraction of sp³-hybridized carbons (Fsp3) is 0.238. The number of carbonyl (C=O) groups excluding carboxylic acids is 1. The summed E-state index contributed by atoms with van der Waals surface area (Å²) in [4.78, 5) is 27.8. The predicted molar refractivity (Wildman–Crippen MR) is 112 cm³/mol. The first-order chi connectivity index (χ1) is 13.1. The first kappa shape index (κ1) is 19.0. The molecule has 3 rings (SSSR count). The zero-order valence-electron chi connectivity index (χ0n) is 15.4. The molecule has 6 heteroatoms. The number of fused-ring (bicyclic) bond motifs is 1. The molecule has 2 aromatic carbocycles. The number of pyridine rings is 1. The lowest BCUT2D eigenvalue weighted by molar-refractivity contribution is -0.113. The van der Waals surface area contributed by atoms with Gasteiger partial charge in [0, 0.05) is 22.9 Å². The van der Waals surface area contributed by atoms with Crippen LogP contribution in [0.25, 0.3) is 10.9 Å². The number of benzene rings is 2. The molecule has 0 aliphatic rings. The van der Waals surface area contributed by atoms with Crippen LogP contribution >= 0.6 is 11.8 Å². The molecule has 1 heterocycles. The highest BCUT2D eigenvalue weighted by Crippen LogP contribution is 2.24. The number of aryl methyl sites for hydroxylation is 1. The third-order valence-electron chi connectivity index (χ3n) is 4.08. The van der Waals surface area contributed by atoms with Crippen molar-refractivity contribution in [3.05, 3.63) is 70.0 Å². The molecule has 1 aromatic heterocycles. The lowest BCUT2D eigenvalue weighted by atomic mass is 10.1. The molecule has 27 heavy (non-hydrogen) atoms. The molecule has 0 saturated carbocycles. The maximum absolute atomic E-state index is 12.3. The van der Waals surface area contributed by atoms with E-state index < -0.39 is 0 Å². The van der Waals surface area contributed by atoms with E-state index in [4.69, 9.17) is 4.74 Å². The molecule has 0 fully saturated rings. The van der Waals surface area contributed by atoms with Gasteiger partial charge in [-0.1, -0.05) is 24.3 Å². The second kappa shape index (κ2) is 8.77. The number of H-pyrrole nitrogens is 1. The van der Waals surface area contributed by atoms with Crippen LogP contribution in [0, 0.1) is 6.92 Å². The first-order valence-electron chi connectivity index (χ1n) is 8.79. The minimum atomic E-state index is -0.105. The van der Waals surface area contributed by atoms with Crippen LogP contribution in [-0.2, 0) is 10.5 Å². The van der Waals surface area contributed by atoms with Crippen LogP contribution in [0.2, 0.25) is 0 Å². The summed E-state index contributed by atoms with van der Waals surface area (Å²) in [7, 11) is 0. The molecule has 0 bridgehead atoms. The quantitative estimate of drug-likeness (QED) is 0.645. The minimum Gasteiger partial charge on any atom is -0.492 e. The fourth-order valence-corrected chi connectivity index (χ4v) is 3.58. The first-order valence-corrected chi connectivity index (χ1v) is 9.95. The zero-order chi connectivity index (χ0) is 19.2. The topological polar surface area (TPSA) is 71.2 Å². The number of hydrogen-bond donors (Lipinski definition) is 2. The van der Waals surface area contributed by atoms with Gasteiger partial charge >= 0.3 is 0 Å². The summed E-state index contributed by atoms with van der Waals surface area (Å²) in [6, 6.07) is 14.6. The van der Waals surface area contributed by atoms with E-state index in [1.54, 1.807) is 6.07 Å². The van der Waals surface area contributed by atoms with Crippen molar-refractivity contribution in [2.24, 2.45) is 0 Å². The van der Waals surface area contributed by atoms with Crippen molar-refractivity contribution in [1.29, 1.82) is 0 Å². The number of ether oxygens (including phenoxy) is 1. The fourth-order valence-electron chi connectivity index (χ4n) is 2.84. The number of para-hydroxylation sites is 3. The number of anilines is 1. The Morgan fingerprint density at radius 2 is 2.00 bits per heavy atom. The van der Waals surface area contributed by atoms with Crippen molar-refractivity contribution >= 4 is 34.3 Å². The Kier molecular flexibility index (Phi) is 6.19. The van der Waals surface area contributed by atoms with E-state index in [9.17, 15) is 9.59 Å². The number of amides is 1. The van der Waals surface area contributed by atoms with Gasteiger partial charge in [0.1, 0.15) is 5.75 Å². The molecule has 2 N–H and O–H groups in total. The van der Waals surface area contributed by atoms with Crippen molar-refractivity contribution < 1.29 is 9.53 Å². The molecule has 1 amide bonds. The summed E-state index contributed by atoms with van der Waals surface area (Å²) in [5.41, 5.74) is 3.37. The van der Waals surface area contributed by atoms with E-state index in [1.165, 1.54) is 11.8 Å². The number of carbonyl (C=O) groups is 1. The van der Waals surface area contributed by atoms with Gasteiger partial charge in [0.05, 0.1) is 23.6 Å². The van der Waals surface area contributed by atoms with Gasteiger partial charge in [-0.05, 0) is 37.6 Å². The van der Waals surface area contributed by atoms with Gasteiger partial charge in [-0.3, -0.25) is 9.59 Å².